The van der Waals surface area contributed by atoms with Crippen molar-refractivity contribution in [2.45, 2.75) is 39.3 Å². The molecule has 0 aromatic carbocycles. The molecule has 2 fully saturated rings. The van der Waals surface area contributed by atoms with Crippen molar-refractivity contribution in [3.05, 3.63) is 40.1 Å². The van der Waals surface area contributed by atoms with Gasteiger partial charge in [0.15, 0.2) is 0 Å². The lowest BCUT2D eigenvalue weighted by Crippen LogP contribution is -2.48. The lowest BCUT2D eigenvalue weighted by atomic mass is 10.2. The van der Waals surface area contributed by atoms with E-state index in [2.05, 4.69) is 20.2 Å². The second-order valence-corrected chi connectivity index (χ2v) is 7.68. The zero-order valence-corrected chi connectivity index (χ0v) is 20.1. The van der Waals surface area contributed by atoms with Crippen molar-refractivity contribution in [3.63, 3.8) is 0 Å². The van der Waals surface area contributed by atoms with Crippen LogP contribution in [0.25, 0.3) is 0 Å². The summed E-state index contributed by atoms with van der Waals surface area (Å²) in [5.41, 5.74) is -0.395. The Morgan fingerprint density at radius 3 is 2.11 bits per heavy atom. The van der Waals surface area contributed by atoms with Gasteiger partial charge in [-0.15, -0.1) is 0 Å². The lowest BCUT2D eigenvalue weighted by molar-refractivity contribution is -0.138. The maximum atomic E-state index is 12.4. The zero-order chi connectivity index (χ0) is 25.8. The van der Waals surface area contributed by atoms with Crippen LogP contribution in [0.15, 0.2) is 23.4 Å². The van der Waals surface area contributed by atoms with E-state index < -0.39 is 11.7 Å². The van der Waals surface area contributed by atoms with Crippen molar-refractivity contribution in [1.82, 2.24) is 25.1 Å². The van der Waals surface area contributed by atoms with Crippen LogP contribution in [0.5, 0.6) is 5.75 Å². The van der Waals surface area contributed by atoms with Gasteiger partial charge in [-0.3, -0.25) is 9.59 Å². The number of amides is 1. The number of carbonyl (C=O) groups excluding carboxylic acids is 1. The van der Waals surface area contributed by atoms with Gasteiger partial charge in [-0.25, -0.2) is 15.1 Å². The molecule has 4 heterocycles. The van der Waals surface area contributed by atoms with Gasteiger partial charge in [-0.1, -0.05) is 6.92 Å². The fraction of sp³-hybridized carbons (Fsp3) is 0.591. The number of methoxy groups -OCH3 is 1. The van der Waals surface area contributed by atoms with Crippen molar-refractivity contribution in [2.75, 3.05) is 51.4 Å². The van der Waals surface area contributed by atoms with E-state index in [9.17, 15) is 22.8 Å². The lowest BCUT2D eigenvalue weighted by Gasteiger charge is -2.34. The monoisotopic (exact) mass is 500 g/mol. The second kappa shape index (κ2) is 13.6. The molecule has 10 nitrogen and oxygen atoms in total. The molecule has 13 heteroatoms. The third-order valence-corrected chi connectivity index (χ3v) is 5.29. The highest BCUT2D eigenvalue weighted by Gasteiger charge is 2.31. The number of aromatic nitrogens is 4. The number of aromatic amines is 1. The summed E-state index contributed by atoms with van der Waals surface area (Å²) in [6.07, 6.45) is 1.84. The summed E-state index contributed by atoms with van der Waals surface area (Å²) in [5.74, 6) is 0.806. The minimum absolute atomic E-state index is 0.00649. The maximum absolute atomic E-state index is 12.4. The number of halogens is 3. The van der Waals surface area contributed by atoms with Crippen LogP contribution in [0.4, 0.5) is 19.1 Å². The van der Waals surface area contributed by atoms with Crippen LogP contribution in [0, 0.1) is 0 Å². The first-order valence-corrected chi connectivity index (χ1v) is 11.2. The molecule has 0 aliphatic carbocycles. The molecule has 0 unspecified atom stereocenters. The van der Waals surface area contributed by atoms with Gasteiger partial charge >= 0.3 is 6.18 Å². The average molecular weight is 501 g/mol. The number of H-pyrrole nitrogens is 1. The Balaban J connectivity index is 0.000000225. The van der Waals surface area contributed by atoms with Gasteiger partial charge in [0.25, 0.3) is 5.56 Å². The van der Waals surface area contributed by atoms with Gasteiger partial charge in [-0.2, -0.15) is 18.3 Å². The first-order chi connectivity index (χ1) is 16.7. The molecule has 2 aromatic rings. The predicted molar refractivity (Wildman–Crippen MR) is 122 cm³/mol. The number of ether oxygens (including phenoxy) is 2. The number of piperazine rings is 1. The smallest absolute Gasteiger partial charge is 0.419 e. The molecule has 2 aromatic heterocycles. The molecular weight excluding hydrogens is 469 g/mol. The summed E-state index contributed by atoms with van der Waals surface area (Å²) in [5, 5.41) is 5.94. The number of anilines is 1. The molecule has 0 bridgehead atoms. The summed E-state index contributed by atoms with van der Waals surface area (Å²) >= 11 is 0. The van der Waals surface area contributed by atoms with Gasteiger partial charge < -0.3 is 19.3 Å². The highest BCUT2D eigenvalue weighted by Crippen LogP contribution is 2.28. The summed E-state index contributed by atoms with van der Waals surface area (Å²) in [7, 11) is 1.52. The minimum atomic E-state index is -4.42. The van der Waals surface area contributed by atoms with E-state index in [4.69, 9.17) is 9.47 Å². The number of nitrogens with one attached hydrogen (secondary N) is 1. The topological polar surface area (TPSA) is 114 Å². The van der Waals surface area contributed by atoms with Crippen molar-refractivity contribution in [1.29, 1.82) is 0 Å². The molecule has 2 aliphatic rings. The van der Waals surface area contributed by atoms with Crippen molar-refractivity contribution in [3.8, 4) is 5.75 Å². The average Bonchev–Trinajstić information content (AvgIpc) is 3.44. The molecule has 2 aliphatic heterocycles. The van der Waals surface area contributed by atoms with Gasteiger partial charge in [0, 0.05) is 58.7 Å². The molecule has 0 radical (unpaired) electrons. The largest absolute Gasteiger partial charge is 0.495 e. The van der Waals surface area contributed by atoms with E-state index >= 15 is 0 Å². The third-order valence-electron chi connectivity index (χ3n) is 5.29. The molecule has 0 spiro atoms. The molecule has 35 heavy (non-hydrogen) atoms. The van der Waals surface area contributed by atoms with Gasteiger partial charge in [0.2, 0.25) is 11.9 Å². The van der Waals surface area contributed by atoms with Gasteiger partial charge in [-0.05, 0) is 19.3 Å². The number of hydrogen-bond donors (Lipinski definition) is 1. The van der Waals surface area contributed by atoms with E-state index in [0.717, 1.165) is 25.6 Å². The highest BCUT2D eigenvalue weighted by molar-refractivity contribution is 5.73. The quantitative estimate of drug-likeness (QED) is 0.683. The fourth-order valence-corrected chi connectivity index (χ4v) is 3.28. The Morgan fingerprint density at radius 2 is 1.71 bits per heavy atom. The molecule has 0 atom stereocenters. The van der Waals surface area contributed by atoms with Crippen molar-refractivity contribution in [2.24, 2.45) is 0 Å². The van der Waals surface area contributed by atoms with E-state index in [-0.39, 0.29) is 17.4 Å². The second-order valence-electron chi connectivity index (χ2n) is 7.68. The van der Waals surface area contributed by atoms with Gasteiger partial charge in [0.1, 0.15) is 5.75 Å². The first-order valence-electron chi connectivity index (χ1n) is 11.2. The van der Waals surface area contributed by atoms with Crippen LogP contribution in [-0.2, 0) is 22.1 Å². The van der Waals surface area contributed by atoms with E-state index in [1.165, 1.54) is 33.1 Å². The van der Waals surface area contributed by atoms with Crippen LogP contribution in [0.1, 0.15) is 37.8 Å². The Bertz CT molecular complexity index is 965. The Labute approximate surface area is 201 Å². The molecule has 0 saturated carbocycles. The SMILES string of the molecule is C1CCOC1.CC(=O)N1CCN(c2ncc(C(F)(F)F)cn2)CC1.CCc1c(OC)cn[nH]c1=O. The van der Waals surface area contributed by atoms with E-state index in [1.807, 2.05) is 6.92 Å². The highest BCUT2D eigenvalue weighted by atomic mass is 19.4. The summed E-state index contributed by atoms with van der Waals surface area (Å²) in [6, 6.07) is 0. The van der Waals surface area contributed by atoms with E-state index in [1.54, 1.807) is 9.80 Å². The van der Waals surface area contributed by atoms with Crippen LogP contribution in [0.2, 0.25) is 0 Å². The summed E-state index contributed by atoms with van der Waals surface area (Å²) in [4.78, 5) is 33.1. The Kier molecular flexibility index (Phi) is 10.9. The zero-order valence-electron chi connectivity index (χ0n) is 20.1. The molecular formula is C22H31F3N6O4. The van der Waals surface area contributed by atoms with Crippen LogP contribution < -0.4 is 15.2 Å². The van der Waals surface area contributed by atoms with Crippen molar-refractivity contribution >= 4 is 11.9 Å². The Morgan fingerprint density at radius 1 is 1.11 bits per heavy atom. The van der Waals surface area contributed by atoms with Gasteiger partial charge in [0.05, 0.1) is 24.4 Å². The fourth-order valence-electron chi connectivity index (χ4n) is 3.28. The maximum Gasteiger partial charge on any atom is 0.419 e. The molecule has 4 rings (SSSR count). The Hall–Kier alpha value is -3.22. The predicted octanol–water partition coefficient (Wildman–Crippen LogP) is 2.30. The minimum Gasteiger partial charge on any atom is -0.495 e. The standard InChI is InChI=1S/C11H13F3N4O.C7H10N2O2.C4H8O/c1-8(19)17-2-4-18(5-3-17)10-15-6-9(7-16-10)11(12,13)14;1-3-5-6(11-2)4-8-9-7(5)10;1-2-4-5-3-1/h6-7H,2-5H2,1H3;4H,3H2,1-2H3,(H,9,10);1-4H2. The number of carbonyl (C=O) groups is 1. The molecule has 1 amide bonds. The van der Waals surface area contributed by atoms with Crippen LogP contribution >= 0.6 is 0 Å². The summed E-state index contributed by atoms with van der Waals surface area (Å²) < 4.78 is 47.0. The molecule has 2 saturated heterocycles. The normalized spacial score (nSPS) is 15.5. The molecule has 194 valence electrons. The van der Waals surface area contributed by atoms with Crippen molar-refractivity contribution < 1.29 is 27.4 Å². The summed E-state index contributed by atoms with van der Waals surface area (Å²) in [6.45, 7) is 7.48. The van der Waals surface area contributed by atoms with E-state index in [0.29, 0.717) is 43.9 Å². The number of alkyl halides is 3. The number of rotatable bonds is 3. The third kappa shape index (κ3) is 8.81. The van der Waals surface area contributed by atoms with Crippen LogP contribution in [-0.4, -0.2) is 77.5 Å². The molecule has 1 N–H and O–H groups in total. The number of nitrogens with zero attached hydrogens (tertiary/aromatic N) is 5. The van der Waals surface area contributed by atoms with Crippen LogP contribution in [0.3, 0.4) is 0 Å². The first kappa shape index (κ1) is 28.0. The number of hydrogen-bond acceptors (Lipinski definition) is 8.